The fraction of sp³-hybridized carbons (Fsp3) is 0.600. The van der Waals surface area contributed by atoms with Crippen LogP contribution in [0.15, 0.2) is 34.5 Å². The second-order valence-electron chi connectivity index (χ2n) is 8.03. The van der Waals surface area contributed by atoms with Gasteiger partial charge in [-0.1, -0.05) is 19.6 Å². The number of allylic oxidation sites excluding steroid dienone is 2. The summed E-state index contributed by atoms with van der Waals surface area (Å²) in [6, 6.07) is 2.14. The number of nitriles is 1. The Morgan fingerprint density at radius 2 is 2.31 bits per heavy atom. The molecule has 2 N–H and O–H groups in total. The van der Waals surface area contributed by atoms with Crippen LogP contribution in [-0.2, 0) is 14.2 Å². The first-order valence-corrected chi connectivity index (χ1v) is 9.87. The lowest BCUT2D eigenvalue weighted by atomic mass is 10.0. The number of rotatable bonds is 5. The molecule has 0 aromatic rings. The molecule has 154 valence electrons. The summed E-state index contributed by atoms with van der Waals surface area (Å²) in [7, 11) is 0. The van der Waals surface area contributed by atoms with Gasteiger partial charge in [0.25, 0.3) is 0 Å². The van der Waals surface area contributed by atoms with Crippen molar-refractivity contribution in [2.24, 2.45) is 33.6 Å². The van der Waals surface area contributed by atoms with Crippen molar-refractivity contribution in [2.75, 3.05) is 6.61 Å². The van der Waals surface area contributed by atoms with Crippen LogP contribution in [0.3, 0.4) is 0 Å². The van der Waals surface area contributed by atoms with Crippen molar-refractivity contribution in [3.05, 3.63) is 24.4 Å². The summed E-state index contributed by atoms with van der Waals surface area (Å²) in [6.07, 6.45) is 5.91. The van der Waals surface area contributed by atoms with E-state index in [1.54, 1.807) is 17.2 Å². The number of aliphatic imine (C=N–C) groups is 1. The molecule has 0 aromatic heterocycles. The highest BCUT2D eigenvalue weighted by Crippen LogP contribution is 2.57. The number of hydrogen-bond donors (Lipinski definition) is 1. The second kappa shape index (κ2) is 7.52. The Labute approximate surface area is 169 Å². The standard InChI is InChI=1S/C20H25N5O4/c1-3-4-16-18(22)23-11-24-25(16)17-5-6-20(9-21,29-17)10-27-19(26)28-13-7-14-12(2)15(14)8-13/h3-4,11-15,17H,1,5-8,10H2,2H3,(H2,22,23,24)/b16-4-/t12?,13?,14?,15?,17?,20-/m1/s1. The van der Waals surface area contributed by atoms with Gasteiger partial charge in [-0.05, 0) is 49.5 Å². The molecule has 4 atom stereocenters. The smallest absolute Gasteiger partial charge is 0.431 e. The van der Waals surface area contributed by atoms with Gasteiger partial charge >= 0.3 is 6.16 Å². The van der Waals surface area contributed by atoms with Crippen molar-refractivity contribution in [1.82, 2.24) is 5.01 Å². The monoisotopic (exact) mass is 399 g/mol. The van der Waals surface area contributed by atoms with Crippen LogP contribution < -0.4 is 5.73 Å². The van der Waals surface area contributed by atoms with Crippen LogP contribution in [0.1, 0.15) is 32.6 Å². The lowest BCUT2D eigenvalue weighted by Crippen LogP contribution is -2.41. The zero-order chi connectivity index (χ0) is 20.6. The van der Waals surface area contributed by atoms with Crippen molar-refractivity contribution >= 4 is 18.3 Å². The highest BCUT2D eigenvalue weighted by molar-refractivity contribution is 6.01. The highest BCUT2D eigenvalue weighted by atomic mass is 16.7. The zero-order valence-corrected chi connectivity index (χ0v) is 16.4. The van der Waals surface area contributed by atoms with Crippen LogP contribution >= 0.6 is 0 Å². The number of carbonyl (C=O) groups excluding carboxylic acids is 1. The number of fused-ring (bicyclic) bond motifs is 1. The third-order valence-corrected chi connectivity index (χ3v) is 6.31. The molecular weight excluding hydrogens is 374 g/mol. The molecule has 0 radical (unpaired) electrons. The number of ether oxygens (including phenoxy) is 3. The molecule has 3 fully saturated rings. The molecule has 0 amide bonds. The molecule has 0 spiro atoms. The number of hydrogen-bond acceptors (Lipinski definition) is 9. The summed E-state index contributed by atoms with van der Waals surface area (Å²) >= 11 is 0. The predicted molar refractivity (Wildman–Crippen MR) is 104 cm³/mol. The fourth-order valence-electron chi connectivity index (χ4n) is 4.58. The average Bonchev–Trinajstić information content (AvgIpc) is 3.10. The van der Waals surface area contributed by atoms with Gasteiger partial charge in [-0.25, -0.2) is 14.8 Å². The average molecular weight is 399 g/mol. The minimum Gasteiger partial charge on any atom is -0.431 e. The Balaban J connectivity index is 1.32. The lowest BCUT2D eigenvalue weighted by Gasteiger charge is -2.30. The van der Waals surface area contributed by atoms with E-state index in [4.69, 9.17) is 19.9 Å². The van der Waals surface area contributed by atoms with Crippen LogP contribution in [0.4, 0.5) is 4.79 Å². The van der Waals surface area contributed by atoms with Crippen molar-refractivity contribution < 1.29 is 19.0 Å². The topological polar surface area (TPSA) is 123 Å². The Hall–Kier alpha value is -2.86. The van der Waals surface area contributed by atoms with Gasteiger partial charge in [0.05, 0.1) is 0 Å². The third-order valence-electron chi connectivity index (χ3n) is 6.31. The predicted octanol–water partition coefficient (Wildman–Crippen LogP) is 2.27. The Morgan fingerprint density at radius 3 is 3.00 bits per heavy atom. The van der Waals surface area contributed by atoms with E-state index >= 15 is 0 Å². The Morgan fingerprint density at radius 1 is 1.55 bits per heavy atom. The summed E-state index contributed by atoms with van der Waals surface area (Å²) in [5.41, 5.74) is 5.20. The van der Waals surface area contributed by atoms with E-state index in [1.165, 1.54) is 6.34 Å². The van der Waals surface area contributed by atoms with Gasteiger partial charge in [0.1, 0.15) is 30.8 Å². The van der Waals surface area contributed by atoms with E-state index in [-0.39, 0.29) is 18.5 Å². The summed E-state index contributed by atoms with van der Waals surface area (Å²) in [5.74, 6) is 2.38. The number of carbonyl (C=O) groups is 1. The maximum Gasteiger partial charge on any atom is 0.508 e. The van der Waals surface area contributed by atoms with Gasteiger partial charge < -0.3 is 19.9 Å². The van der Waals surface area contributed by atoms with Gasteiger partial charge in [-0.3, -0.25) is 0 Å². The lowest BCUT2D eigenvalue weighted by molar-refractivity contribution is -0.0966. The van der Waals surface area contributed by atoms with Crippen molar-refractivity contribution in [1.29, 1.82) is 5.26 Å². The molecule has 0 aromatic carbocycles. The molecule has 2 aliphatic carbocycles. The summed E-state index contributed by atoms with van der Waals surface area (Å²) in [5, 5.41) is 15.4. The number of nitrogens with zero attached hydrogens (tertiary/aromatic N) is 4. The number of nitrogens with two attached hydrogens (primary N) is 1. The van der Waals surface area contributed by atoms with Gasteiger partial charge in [0, 0.05) is 0 Å². The van der Waals surface area contributed by atoms with Crippen LogP contribution in [0.25, 0.3) is 0 Å². The quantitative estimate of drug-likeness (QED) is 0.704. The highest BCUT2D eigenvalue weighted by Gasteiger charge is 2.54. The van der Waals surface area contributed by atoms with Crippen molar-refractivity contribution in [3.8, 4) is 6.07 Å². The summed E-state index contributed by atoms with van der Waals surface area (Å²) in [6.45, 7) is 5.70. The molecule has 9 nitrogen and oxygen atoms in total. The third kappa shape index (κ3) is 3.72. The summed E-state index contributed by atoms with van der Waals surface area (Å²) < 4.78 is 16.6. The van der Waals surface area contributed by atoms with Crippen LogP contribution in [0.5, 0.6) is 0 Å². The minimum absolute atomic E-state index is 0.0828. The van der Waals surface area contributed by atoms with E-state index in [1.807, 2.05) is 0 Å². The SMILES string of the molecule is C=C/C=C1/C(N)=NC=NN1C1CC[C@@](C#N)(COC(=O)OC2CC3C(C)C3C2)O1. The zero-order valence-electron chi connectivity index (χ0n) is 16.4. The summed E-state index contributed by atoms with van der Waals surface area (Å²) in [4.78, 5) is 16.1. The molecule has 2 aliphatic heterocycles. The molecule has 29 heavy (non-hydrogen) atoms. The van der Waals surface area contributed by atoms with E-state index in [0.29, 0.717) is 30.4 Å². The maximum atomic E-state index is 12.1. The second-order valence-corrected chi connectivity index (χ2v) is 8.03. The van der Waals surface area contributed by atoms with Crippen LogP contribution in [-0.4, -0.2) is 47.9 Å². The van der Waals surface area contributed by atoms with Crippen LogP contribution in [0, 0.1) is 29.1 Å². The molecule has 0 bridgehead atoms. The van der Waals surface area contributed by atoms with Gasteiger partial charge in [0.15, 0.2) is 17.7 Å². The molecule has 3 unspecified atom stereocenters. The van der Waals surface area contributed by atoms with E-state index in [9.17, 15) is 10.1 Å². The molecular formula is C20H25N5O4. The molecule has 4 aliphatic rings. The van der Waals surface area contributed by atoms with Crippen LogP contribution in [0.2, 0.25) is 0 Å². The molecule has 1 saturated heterocycles. The molecule has 2 heterocycles. The van der Waals surface area contributed by atoms with Gasteiger partial charge in [-0.2, -0.15) is 10.4 Å². The van der Waals surface area contributed by atoms with Gasteiger partial charge in [0.2, 0.25) is 0 Å². The first-order chi connectivity index (χ1) is 14.0. The Kier molecular flexibility index (Phi) is 5.04. The van der Waals surface area contributed by atoms with Crippen molar-refractivity contribution in [2.45, 2.75) is 50.5 Å². The minimum atomic E-state index is -1.26. The normalized spacial score (nSPS) is 38.9. The largest absolute Gasteiger partial charge is 0.508 e. The molecule has 9 heteroatoms. The van der Waals surface area contributed by atoms with E-state index < -0.39 is 18.0 Å². The first kappa shape index (κ1) is 19.5. The molecule has 4 rings (SSSR count). The van der Waals surface area contributed by atoms with Gasteiger partial charge in [-0.15, -0.1) is 0 Å². The van der Waals surface area contributed by atoms with E-state index in [2.05, 4.69) is 29.7 Å². The Bertz CT molecular complexity index is 819. The maximum absolute atomic E-state index is 12.1. The van der Waals surface area contributed by atoms with Crippen molar-refractivity contribution in [3.63, 3.8) is 0 Å². The van der Waals surface area contributed by atoms with E-state index in [0.717, 1.165) is 18.8 Å². The molecule has 2 saturated carbocycles. The number of amidine groups is 1. The number of hydrazone groups is 1. The fourth-order valence-corrected chi connectivity index (χ4v) is 4.58. The first-order valence-electron chi connectivity index (χ1n) is 9.87.